The van der Waals surface area contributed by atoms with Gasteiger partial charge < -0.3 is 27.8 Å². The maximum Gasteiger partial charge on any atom is 0.246 e. The third-order valence-electron chi connectivity index (χ3n) is 4.01. The Labute approximate surface area is 158 Å². The number of benzene rings is 2. The Morgan fingerprint density at radius 2 is 1.78 bits per heavy atom. The van der Waals surface area contributed by atoms with Crippen LogP contribution >= 0.6 is 0 Å². The monoisotopic (exact) mass is 370 g/mol. The molecule has 27 heavy (non-hydrogen) atoms. The molecule has 0 saturated carbocycles. The van der Waals surface area contributed by atoms with Crippen LogP contribution in [0.1, 0.15) is 19.8 Å². The fraction of sp³-hybridized carbons (Fsp3) is 0.316. The summed E-state index contributed by atoms with van der Waals surface area (Å²) >= 11 is 0. The Kier molecular flexibility index (Phi) is 7.13. The third kappa shape index (κ3) is 6.27. The molecule has 8 nitrogen and oxygen atoms in total. The lowest BCUT2D eigenvalue weighted by atomic mass is 10.1. The minimum atomic E-state index is -0.732. The van der Waals surface area contributed by atoms with Crippen molar-refractivity contribution in [2.75, 3.05) is 11.9 Å². The highest BCUT2D eigenvalue weighted by atomic mass is 16.2. The van der Waals surface area contributed by atoms with E-state index in [-0.39, 0.29) is 11.9 Å². The standard InChI is InChI=1S/C19H26N6O2/c1-12(20)17(26)25-16(7-4-10-23-19(21)22)18(27)24-15-9-8-13-5-2-3-6-14(13)11-15/h2-3,5-6,8-9,11-12,16H,4,7,10,20H2,1H3,(H,24,27)(H,25,26)(H4,21,22,23). The molecule has 2 atom stereocenters. The molecular weight excluding hydrogens is 344 g/mol. The highest BCUT2D eigenvalue weighted by Gasteiger charge is 2.22. The number of nitrogens with two attached hydrogens (primary N) is 3. The maximum absolute atomic E-state index is 12.7. The van der Waals surface area contributed by atoms with Gasteiger partial charge in [-0.05, 0) is 42.7 Å². The van der Waals surface area contributed by atoms with Gasteiger partial charge in [-0.3, -0.25) is 14.6 Å². The van der Waals surface area contributed by atoms with E-state index in [9.17, 15) is 9.59 Å². The molecule has 0 bridgehead atoms. The van der Waals surface area contributed by atoms with Gasteiger partial charge in [0.2, 0.25) is 11.8 Å². The van der Waals surface area contributed by atoms with E-state index in [1.54, 1.807) is 6.92 Å². The molecule has 0 heterocycles. The number of fused-ring (bicyclic) bond motifs is 1. The Morgan fingerprint density at radius 1 is 1.07 bits per heavy atom. The van der Waals surface area contributed by atoms with Gasteiger partial charge in [-0.2, -0.15) is 0 Å². The molecule has 0 radical (unpaired) electrons. The lowest BCUT2D eigenvalue weighted by Crippen LogP contribution is -2.49. The predicted octanol–water partition coefficient (Wildman–Crippen LogP) is 0.664. The van der Waals surface area contributed by atoms with Crippen LogP contribution in [-0.4, -0.2) is 36.4 Å². The Morgan fingerprint density at radius 3 is 2.44 bits per heavy atom. The molecule has 2 aromatic rings. The van der Waals surface area contributed by atoms with E-state index in [4.69, 9.17) is 17.2 Å². The lowest BCUT2D eigenvalue weighted by Gasteiger charge is -2.19. The number of hydrogen-bond donors (Lipinski definition) is 5. The van der Waals surface area contributed by atoms with E-state index >= 15 is 0 Å². The van der Waals surface area contributed by atoms with E-state index in [0.717, 1.165) is 10.8 Å². The molecule has 0 aliphatic carbocycles. The minimum Gasteiger partial charge on any atom is -0.370 e. The fourth-order valence-electron chi connectivity index (χ4n) is 2.57. The number of anilines is 1. The van der Waals surface area contributed by atoms with Gasteiger partial charge >= 0.3 is 0 Å². The van der Waals surface area contributed by atoms with E-state index in [2.05, 4.69) is 15.6 Å². The molecule has 8 heteroatoms. The van der Waals surface area contributed by atoms with Crippen LogP contribution < -0.4 is 27.8 Å². The molecule has 0 aromatic heterocycles. The molecule has 8 N–H and O–H groups in total. The summed E-state index contributed by atoms with van der Waals surface area (Å²) in [5, 5.41) is 7.61. The Bertz CT molecular complexity index is 830. The Balaban J connectivity index is 2.07. The van der Waals surface area contributed by atoms with Crippen LogP contribution in [0.25, 0.3) is 10.8 Å². The van der Waals surface area contributed by atoms with Gasteiger partial charge in [0.05, 0.1) is 6.04 Å². The summed E-state index contributed by atoms with van der Waals surface area (Å²) < 4.78 is 0. The first-order chi connectivity index (χ1) is 12.9. The second kappa shape index (κ2) is 9.54. The van der Waals surface area contributed by atoms with Crippen molar-refractivity contribution in [3.05, 3.63) is 42.5 Å². The van der Waals surface area contributed by atoms with Crippen molar-refractivity contribution in [3.8, 4) is 0 Å². The van der Waals surface area contributed by atoms with Gasteiger partial charge in [-0.15, -0.1) is 0 Å². The number of aliphatic imine (C=N–C) groups is 1. The normalized spacial score (nSPS) is 12.8. The van der Waals surface area contributed by atoms with Crippen LogP contribution in [0.5, 0.6) is 0 Å². The van der Waals surface area contributed by atoms with Gasteiger partial charge in [0.1, 0.15) is 6.04 Å². The summed E-state index contributed by atoms with van der Waals surface area (Å²) in [6.45, 7) is 1.93. The van der Waals surface area contributed by atoms with Crippen molar-refractivity contribution >= 4 is 34.2 Å². The number of nitrogens with one attached hydrogen (secondary N) is 2. The summed E-state index contributed by atoms with van der Waals surface area (Å²) in [7, 11) is 0. The van der Waals surface area contributed by atoms with Gasteiger partial charge in [0, 0.05) is 12.2 Å². The smallest absolute Gasteiger partial charge is 0.246 e. The number of carbonyl (C=O) groups excluding carboxylic acids is 2. The van der Waals surface area contributed by atoms with Crippen LogP contribution in [0.3, 0.4) is 0 Å². The zero-order valence-electron chi connectivity index (χ0n) is 15.3. The molecule has 2 rings (SSSR count). The van der Waals surface area contributed by atoms with Crippen molar-refractivity contribution < 1.29 is 9.59 Å². The molecule has 0 saturated heterocycles. The molecule has 0 spiro atoms. The molecule has 144 valence electrons. The van der Waals surface area contributed by atoms with E-state index < -0.39 is 18.0 Å². The zero-order chi connectivity index (χ0) is 19.8. The van der Waals surface area contributed by atoms with Crippen molar-refractivity contribution in [2.45, 2.75) is 31.8 Å². The first-order valence-corrected chi connectivity index (χ1v) is 8.78. The fourth-order valence-corrected chi connectivity index (χ4v) is 2.57. The second-order valence-electron chi connectivity index (χ2n) is 6.35. The molecule has 0 aliphatic heterocycles. The van der Waals surface area contributed by atoms with Crippen LogP contribution in [0, 0.1) is 0 Å². The summed E-state index contributed by atoms with van der Waals surface area (Å²) in [4.78, 5) is 28.5. The highest BCUT2D eigenvalue weighted by molar-refractivity contribution is 5.99. The van der Waals surface area contributed by atoms with Crippen LogP contribution in [0.4, 0.5) is 5.69 Å². The molecule has 0 aliphatic rings. The number of rotatable bonds is 8. The van der Waals surface area contributed by atoms with Crippen molar-refractivity contribution in [3.63, 3.8) is 0 Å². The average Bonchev–Trinajstić information content (AvgIpc) is 2.63. The lowest BCUT2D eigenvalue weighted by molar-refractivity contribution is -0.127. The number of carbonyl (C=O) groups is 2. The van der Waals surface area contributed by atoms with Crippen LogP contribution in [0.15, 0.2) is 47.5 Å². The molecular formula is C19H26N6O2. The van der Waals surface area contributed by atoms with E-state index in [0.29, 0.717) is 25.1 Å². The molecule has 0 fully saturated rings. The van der Waals surface area contributed by atoms with Gasteiger partial charge in [-0.25, -0.2) is 0 Å². The SMILES string of the molecule is CC(N)C(=O)NC(CCCN=C(N)N)C(=O)Nc1ccc2ccccc2c1. The van der Waals surface area contributed by atoms with Crippen LogP contribution in [-0.2, 0) is 9.59 Å². The first kappa shape index (κ1) is 20.2. The quantitative estimate of drug-likeness (QED) is 0.263. The van der Waals surface area contributed by atoms with E-state index in [1.807, 2.05) is 42.5 Å². The average molecular weight is 370 g/mol. The highest BCUT2D eigenvalue weighted by Crippen LogP contribution is 2.19. The zero-order valence-corrected chi connectivity index (χ0v) is 15.3. The van der Waals surface area contributed by atoms with Crippen LogP contribution in [0.2, 0.25) is 0 Å². The van der Waals surface area contributed by atoms with Crippen molar-refractivity contribution in [2.24, 2.45) is 22.2 Å². The third-order valence-corrected chi connectivity index (χ3v) is 4.01. The minimum absolute atomic E-state index is 0.00761. The summed E-state index contributed by atoms with van der Waals surface area (Å²) in [5.74, 6) is -0.716. The number of hydrogen-bond acceptors (Lipinski definition) is 4. The largest absolute Gasteiger partial charge is 0.370 e. The van der Waals surface area contributed by atoms with Crippen molar-refractivity contribution in [1.82, 2.24) is 5.32 Å². The number of guanidine groups is 1. The van der Waals surface area contributed by atoms with Gasteiger partial charge in [0.25, 0.3) is 0 Å². The van der Waals surface area contributed by atoms with Gasteiger partial charge in [-0.1, -0.05) is 30.3 Å². The summed E-state index contributed by atoms with van der Waals surface area (Å²) in [6.07, 6.45) is 0.918. The summed E-state index contributed by atoms with van der Waals surface area (Å²) in [5.41, 5.74) is 16.8. The number of amides is 2. The van der Waals surface area contributed by atoms with Crippen molar-refractivity contribution in [1.29, 1.82) is 0 Å². The number of nitrogens with zero attached hydrogens (tertiary/aromatic N) is 1. The molecule has 2 unspecified atom stereocenters. The van der Waals surface area contributed by atoms with Gasteiger partial charge in [0.15, 0.2) is 5.96 Å². The second-order valence-corrected chi connectivity index (χ2v) is 6.35. The van der Waals surface area contributed by atoms with E-state index in [1.165, 1.54) is 0 Å². The molecule has 2 amide bonds. The maximum atomic E-state index is 12.7. The first-order valence-electron chi connectivity index (χ1n) is 8.78. The summed E-state index contributed by atoms with van der Waals surface area (Å²) in [6, 6.07) is 12.1. The molecule has 2 aromatic carbocycles. The predicted molar refractivity (Wildman–Crippen MR) is 108 cm³/mol. The Hall–Kier alpha value is -3.13. The topological polar surface area (TPSA) is 149 Å².